The zero-order valence-corrected chi connectivity index (χ0v) is 14.2. The Morgan fingerprint density at radius 1 is 1.26 bits per heavy atom. The molecule has 23 heavy (non-hydrogen) atoms. The monoisotopic (exact) mass is 377 g/mol. The molecule has 0 radical (unpaired) electrons. The fourth-order valence-electron chi connectivity index (χ4n) is 3.11. The number of imide groups is 1. The van der Waals surface area contributed by atoms with Gasteiger partial charge < -0.3 is 4.74 Å². The molecule has 0 bridgehead atoms. The van der Waals surface area contributed by atoms with E-state index in [2.05, 4.69) is 15.9 Å². The van der Waals surface area contributed by atoms with Gasteiger partial charge in [-0.2, -0.15) is 0 Å². The van der Waals surface area contributed by atoms with Crippen LogP contribution in [-0.2, 0) is 25.7 Å². The van der Waals surface area contributed by atoms with Gasteiger partial charge in [-0.3, -0.25) is 14.5 Å². The number of amides is 2. The van der Waals surface area contributed by atoms with Crippen molar-refractivity contribution in [2.75, 3.05) is 6.61 Å². The van der Waals surface area contributed by atoms with Gasteiger partial charge in [0, 0.05) is 10.0 Å². The number of hydrogen-bond acceptors (Lipinski definition) is 4. The van der Waals surface area contributed by atoms with Crippen LogP contribution in [0.5, 0.6) is 0 Å². The summed E-state index contributed by atoms with van der Waals surface area (Å²) in [5.74, 6) is -2.15. The summed E-state index contributed by atoms with van der Waals surface area (Å²) in [7, 11) is 0. The van der Waals surface area contributed by atoms with E-state index in [1.807, 2.05) is 24.3 Å². The van der Waals surface area contributed by atoms with Gasteiger partial charge in [-0.05, 0) is 31.0 Å². The maximum absolute atomic E-state index is 12.6. The molecule has 0 saturated carbocycles. The lowest BCUT2D eigenvalue weighted by Gasteiger charge is -2.16. The Kier molecular flexibility index (Phi) is 4.35. The minimum atomic E-state index is -0.683. The highest BCUT2D eigenvalue weighted by atomic mass is 79.9. The van der Waals surface area contributed by atoms with Gasteiger partial charge in [0.2, 0.25) is 11.8 Å². The van der Waals surface area contributed by atoms with E-state index in [1.54, 1.807) is 13.0 Å². The second kappa shape index (κ2) is 6.28. The molecule has 1 aliphatic heterocycles. The third-order valence-electron chi connectivity index (χ3n) is 4.21. The van der Waals surface area contributed by atoms with Crippen LogP contribution in [-0.4, -0.2) is 29.3 Å². The molecule has 0 aromatic heterocycles. The van der Waals surface area contributed by atoms with Crippen molar-refractivity contribution in [3.8, 4) is 0 Å². The van der Waals surface area contributed by atoms with Gasteiger partial charge in [0.25, 0.3) is 0 Å². The molecule has 1 fully saturated rings. The maximum Gasteiger partial charge on any atom is 0.334 e. The fourth-order valence-corrected chi connectivity index (χ4v) is 3.38. The van der Waals surface area contributed by atoms with E-state index in [1.165, 1.54) is 4.90 Å². The summed E-state index contributed by atoms with van der Waals surface area (Å²) in [5, 5.41) is 0. The molecule has 1 saturated heterocycles. The Balaban J connectivity index is 1.79. The third kappa shape index (κ3) is 2.83. The maximum atomic E-state index is 12.6. The Hall–Kier alpha value is -1.95. The molecule has 1 aliphatic carbocycles. The molecule has 1 heterocycles. The normalized spacial score (nSPS) is 23.0. The van der Waals surface area contributed by atoms with Gasteiger partial charge in [-0.15, -0.1) is 0 Å². The Labute approximate surface area is 142 Å². The molecule has 0 spiro atoms. The molecule has 2 atom stereocenters. The van der Waals surface area contributed by atoms with Crippen molar-refractivity contribution in [2.24, 2.45) is 11.8 Å². The molecule has 120 valence electrons. The molecule has 5 nitrogen and oxygen atoms in total. The highest BCUT2D eigenvalue weighted by Crippen LogP contribution is 2.41. The summed E-state index contributed by atoms with van der Waals surface area (Å²) < 4.78 is 5.92. The van der Waals surface area contributed by atoms with E-state index in [-0.39, 0.29) is 25.0 Å². The van der Waals surface area contributed by atoms with Gasteiger partial charge in [0.15, 0.2) is 0 Å². The average molecular weight is 378 g/mol. The summed E-state index contributed by atoms with van der Waals surface area (Å²) in [6, 6.07) is 7.46. The van der Waals surface area contributed by atoms with E-state index in [9.17, 15) is 14.4 Å². The van der Waals surface area contributed by atoms with Crippen molar-refractivity contribution in [3.63, 3.8) is 0 Å². The quantitative estimate of drug-likeness (QED) is 0.597. The number of fused-ring (bicyclic) bond motifs is 1. The first-order chi connectivity index (χ1) is 11.0. The van der Waals surface area contributed by atoms with Crippen LogP contribution in [0.3, 0.4) is 0 Å². The van der Waals surface area contributed by atoms with Crippen molar-refractivity contribution in [3.05, 3.63) is 46.0 Å². The summed E-state index contributed by atoms with van der Waals surface area (Å²) in [5.41, 5.74) is 1.20. The molecule has 2 aliphatic rings. The SMILES string of the molecule is CCOC(=O)C1=CC[C@@H]2C(=O)N(Cc3ccc(Br)cc3)C(=O)[C@H]12. The molecule has 3 rings (SSSR count). The number of benzene rings is 1. The van der Waals surface area contributed by atoms with Crippen LogP contribution in [0.25, 0.3) is 0 Å². The minimum absolute atomic E-state index is 0.210. The van der Waals surface area contributed by atoms with Crippen molar-refractivity contribution in [1.82, 2.24) is 4.90 Å². The number of carbonyl (C=O) groups is 3. The minimum Gasteiger partial charge on any atom is -0.463 e. The smallest absolute Gasteiger partial charge is 0.334 e. The second-order valence-corrected chi connectivity index (χ2v) is 6.50. The first-order valence-corrected chi connectivity index (χ1v) is 8.29. The highest BCUT2D eigenvalue weighted by molar-refractivity contribution is 9.10. The average Bonchev–Trinajstić information content (AvgIpc) is 3.06. The number of ether oxygens (including phenoxy) is 1. The highest BCUT2D eigenvalue weighted by Gasteiger charge is 2.52. The zero-order chi connectivity index (χ0) is 16.6. The molecular formula is C17H16BrNO4. The predicted octanol–water partition coefficient (Wildman–Crippen LogP) is 2.44. The molecule has 2 amide bonds. The molecule has 0 unspecified atom stereocenters. The largest absolute Gasteiger partial charge is 0.463 e. The van der Waals surface area contributed by atoms with Crippen LogP contribution in [0.1, 0.15) is 18.9 Å². The number of rotatable bonds is 4. The van der Waals surface area contributed by atoms with Crippen LogP contribution in [0.15, 0.2) is 40.4 Å². The lowest BCUT2D eigenvalue weighted by atomic mass is 9.94. The molecule has 6 heteroatoms. The van der Waals surface area contributed by atoms with Crippen LogP contribution < -0.4 is 0 Å². The Morgan fingerprint density at radius 2 is 1.96 bits per heavy atom. The number of likely N-dealkylation sites (tertiary alicyclic amines) is 1. The van der Waals surface area contributed by atoms with Crippen molar-refractivity contribution in [2.45, 2.75) is 19.9 Å². The molecule has 1 aromatic carbocycles. The zero-order valence-electron chi connectivity index (χ0n) is 12.6. The van der Waals surface area contributed by atoms with Gasteiger partial charge in [-0.25, -0.2) is 4.79 Å². The molecular weight excluding hydrogens is 362 g/mol. The fraction of sp³-hybridized carbons (Fsp3) is 0.353. The lowest BCUT2D eigenvalue weighted by Crippen LogP contribution is -2.31. The number of carbonyl (C=O) groups excluding carboxylic acids is 3. The van der Waals surface area contributed by atoms with E-state index in [4.69, 9.17) is 4.74 Å². The Bertz CT molecular complexity index is 695. The van der Waals surface area contributed by atoms with E-state index >= 15 is 0 Å². The van der Waals surface area contributed by atoms with Crippen LogP contribution in [0, 0.1) is 11.8 Å². The second-order valence-electron chi connectivity index (χ2n) is 5.59. The first kappa shape index (κ1) is 15.9. The van der Waals surface area contributed by atoms with Gasteiger partial charge in [0.1, 0.15) is 0 Å². The van der Waals surface area contributed by atoms with E-state index in [0.717, 1.165) is 10.0 Å². The van der Waals surface area contributed by atoms with Gasteiger partial charge >= 0.3 is 5.97 Å². The molecule has 1 aromatic rings. The number of esters is 1. The number of nitrogens with zero attached hydrogens (tertiary/aromatic N) is 1. The summed E-state index contributed by atoms with van der Waals surface area (Å²) in [6.45, 7) is 2.19. The molecule has 0 N–H and O–H groups in total. The van der Waals surface area contributed by atoms with Crippen LogP contribution in [0.2, 0.25) is 0 Å². The van der Waals surface area contributed by atoms with Crippen molar-refractivity contribution >= 4 is 33.7 Å². The number of halogens is 1. The van der Waals surface area contributed by atoms with E-state index < -0.39 is 17.8 Å². The van der Waals surface area contributed by atoms with Crippen molar-refractivity contribution in [1.29, 1.82) is 0 Å². The standard InChI is InChI=1S/C17H16BrNO4/c1-2-23-17(22)13-8-7-12-14(13)16(21)19(15(12)20)9-10-3-5-11(18)6-4-10/h3-6,8,12,14H,2,7,9H2,1H3/t12-,14-/m0/s1. The third-order valence-corrected chi connectivity index (χ3v) is 4.74. The summed E-state index contributed by atoms with van der Waals surface area (Å²) >= 11 is 3.35. The van der Waals surface area contributed by atoms with E-state index in [0.29, 0.717) is 12.0 Å². The van der Waals surface area contributed by atoms with Gasteiger partial charge in [-0.1, -0.05) is 34.1 Å². The number of hydrogen-bond donors (Lipinski definition) is 0. The van der Waals surface area contributed by atoms with Gasteiger partial charge in [0.05, 0.1) is 25.0 Å². The van der Waals surface area contributed by atoms with Crippen LogP contribution in [0.4, 0.5) is 0 Å². The topological polar surface area (TPSA) is 63.7 Å². The predicted molar refractivity (Wildman–Crippen MR) is 86.0 cm³/mol. The lowest BCUT2D eigenvalue weighted by molar-refractivity contribution is -0.143. The van der Waals surface area contributed by atoms with Crippen molar-refractivity contribution < 1.29 is 19.1 Å². The van der Waals surface area contributed by atoms with Crippen LogP contribution >= 0.6 is 15.9 Å². The summed E-state index contributed by atoms with van der Waals surface area (Å²) in [6.07, 6.45) is 2.08. The summed E-state index contributed by atoms with van der Waals surface area (Å²) in [4.78, 5) is 38.4. The first-order valence-electron chi connectivity index (χ1n) is 7.49. The Morgan fingerprint density at radius 3 is 2.61 bits per heavy atom. The number of allylic oxidation sites excluding steroid dienone is 1.